The largest absolute Gasteiger partial charge is 0.507 e. The van der Waals surface area contributed by atoms with Crippen LogP contribution < -0.4 is 0 Å². The molecule has 0 amide bonds. The fourth-order valence-corrected chi connectivity index (χ4v) is 3.30. The molecule has 0 aliphatic carbocycles. The van der Waals surface area contributed by atoms with E-state index in [1.165, 1.54) is 16.8 Å². The van der Waals surface area contributed by atoms with Crippen molar-refractivity contribution in [3.63, 3.8) is 0 Å². The molecule has 1 N–H and O–H groups in total. The average Bonchev–Trinajstić information content (AvgIpc) is 3.01. The first kappa shape index (κ1) is 17.6. The zero-order valence-electron chi connectivity index (χ0n) is 13.7. The minimum atomic E-state index is -4.54. The molecule has 0 aliphatic rings. The van der Waals surface area contributed by atoms with E-state index in [4.69, 9.17) is 0 Å². The monoisotopic (exact) mass is 432 g/mol. The second-order valence-corrected chi connectivity index (χ2v) is 6.87. The average molecular weight is 433 g/mol. The summed E-state index contributed by atoms with van der Waals surface area (Å²) in [6, 6.07) is 17.2. The Balaban J connectivity index is 2.10. The molecule has 0 unspecified atom stereocenters. The van der Waals surface area contributed by atoms with E-state index in [2.05, 4.69) is 21.0 Å². The Morgan fingerprint density at radius 3 is 2.26 bits per heavy atom. The van der Waals surface area contributed by atoms with Gasteiger partial charge in [-0.3, -0.25) is 0 Å². The fraction of sp³-hybridized carbons (Fsp3) is 0.0500. The number of benzene rings is 3. The summed E-state index contributed by atoms with van der Waals surface area (Å²) in [7, 11) is 0. The summed E-state index contributed by atoms with van der Waals surface area (Å²) in [5.41, 5.74) is 0.319. The van der Waals surface area contributed by atoms with Gasteiger partial charge in [0.25, 0.3) is 0 Å². The Labute approximate surface area is 160 Å². The molecule has 1 aromatic heterocycles. The molecule has 0 bridgehead atoms. The summed E-state index contributed by atoms with van der Waals surface area (Å²) in [5, 5.41) is 14.9. The van der Waals surface area contributed by atoms with Crippen LogP contribution in [0.4, 0.5) is 13.2 Å². The van der Waals surface area contributed by atoms with Gasteiger partial charge in [-0.1, -0.05) is 40.2 Å². The number of fused-ring (bicyclic) bond motifs is 1. The van der Waals surface area contributed by atoms with Crippen LogP contribution in [0.3, 0.4) is 0 Å². The minimum absolute atomic E-state index is 0.0442. The van der Waals surface area contributed by atoms with Crippen LogP contribution in [0.25, 0.3) is 27.8 Å². The highest BCUT2D eigenvalue weighted by atomic mass is 79.9. The Morgan fingerprint density at radius 1 is 0.889 bits per heavy atom. The third-order valence-electron chi connectivity index (χ3n) is 4.24. The Morgan fingerprint density at radius 2 is 1.59 bits per heavy atom. The normalized spacial score (nSPS) is 11.9. The lowest BCUT2D eigenvalue weighted by molar-refractivity contribution is -0.136. The van der Waals surface area contributed by atoms with Gasteiger partial charge in [-0.2, -0.15) is 18.3 Å². The SMILES string of the molecule is Oc1ccccc1-c1nn(-c2ccc(Br)cc2)c2c(C(F)(F)F)cccc12. The molecule has 3 aromatic carbocycles. The molecule has 0 radical (unpaired) electrons. The predicted octanol–water partition coefficient (Wildman–Crippen LogP) is 6.18. The topological polar surface area (TPSA) is 38.1 Å². The maximum atomic E-state index is 13.7. The first-order chi connectivity index (χ1) is 12.9. The van der Waals surface area contributed by atoms with E-state index in [9.17, 15) is 18.3 Å². The lowest BCUT2D eigenvalue weighted by Gasteiger charge is -2.11. The van der Waals surface area contributed by atoms with E-state index >= 15 is 0 Å². The third kappa shape index (κ3) is 3.08. The van der Waals surface area contributed by atoms with Crippen LogP contribution in [0, 0.1) is 0 Å². The smallest absolute Gasteiger partial charge is 0.418 e. The van der Waals surface area contributed by atoms with Gasteiger partial charge < -0.3 is 5.11 Å². The molecule has 0 fully saturated rings. The van der Waals surface area contributed by atoms with E-state index in [0.29, 0.717) is 16.6 Å². The molecule has 27 heavy (non-hydrogen) atoms. The van der Waals surface area contributed by atoms with Crippen molar-refractivity contribution < 1.29 is 18.3 Å². The maximum Gasteiger partial charge on any atom is 0.418 e. The van der Waals surface area contributed by atoms with Crippen molar-refractivity contribution in [2.75, 3.05) is 0 Å². The van der Waals surface area contributed by atoms with E-state index in [-0.39, 0.29) is 17.0 Å². The maximum absolute atomic E-state index is 13.7. The van der Waals surface area contributed by atoms with Gasteiger partial charge in [-0.15, -0.1) is 0 Å². The molecule has 1 heterocycles. The van der Waals surface area contributed by atoms with Crippen LogP contribution in [0.2, 0.25) is 0 Å². The van der Waals surface area contributed by atoms with Crippen LogP contribution in [-0.4, -0.2) is 14.9 Å². The third-order valence-corrected chi connectivity index (χ3v) is 4.77. The van der Waals surface area contributed by atoms with Crippen molar-refractivity contribution in [3.8, 4) is 22.7 Å². The van der Waals surface area contributed by atoms with Crippen molar-refractivity contribution in [1.29, 1.82) is 0 Å². The highest BCUT2D eigenvalue weighted by molar-refractivity contribution is 9.10. The van der Waals surface area contributed by atoms with E-state index in [1.807, 2.05) is 0 Å². The number of phenols is 1. The lowest BCUT2D eigenvalue weighted by Crippen LogP contribution is -2.08. The standard InChI is InChI=1S/C20H12BrF3N2O/c21-12-8-10-13(11-9-12)26-19-15(5-3-6-16(19)20(22,23)24)18(25-26)14-4-1-2-7-17(14)27/h1-11,27H. The number of nitrogens with zero attached hydrogens (tertiary/aromatic N) is 2. The summed E-state index contributed by atoms with van der Waals surface area (Å²) in [6.07, 6.45) is -4.54. The van der Waals surface area contributed by atoms with Gasteiger partial charge in [-0.05, 0) is 42.5 Å². The van der Waals surface area contributed by atoms with E-state index in [0.717, 1.165) is 10.5 Å². The molecule has 7 heteroatoms. The second kappa shape index (κ2) is 6.42. The van der Waals surface area contributed by atoms with Gasteiger partial charge in [0.05, 0.1) is 16.8 Å². The van der Waals surface area contributed by atoms with Crippen LogP contribution in [0.15, 0.2) is 71.2 Å². The number of hydrogen-bond donors (Lipinski definition) is 1. The number of aromatic hydroxyl groups is 1. The second-order valence-electron chi connectivity index (χ2n) is 5.95. The van der Waals surface area contributed by atoms with Crippen LogP contribution in [0.1, 0.15) is 5.56 Å². The molecule has 0 aliphatic heterocycles. The van der Waals surface area contributed by atoms with Crippen LogP contribution >= 0.6 is 15.9 Å². The molecular weight excluding hydrogens is 421 g/mol. The van der Waals surface area contributed by atoms with Gasteiger partial charge in [0.2, 0.25) is 0 Å². The van der Waals surface area contributed by atoms with Gasteiger partial charge in [0.15, 0.2) is 0 Å². The predicted molar refractivity (Wildman–Crippen MR) is 101 cm³/mol. The van der Waals surface area contributed by atoms with Crippen molar-refractivity contribution >= 4 is 26.8 Å². The van der Waals surface area contributed by atoms with E-state index in [1.54, 1.807) is 48.5 Å². The quantitative estimate of drug-likeness (QED) is 0.410. The van der Waals surface area contributed by atoms with Crippen LogP contribution in [0.5, 0.6) is 5.75 Å². The summed E-state index contributed by atoms with van der Waals surface area (Å²) in [5.74, 6) is -0.0442. The summed E-state index contributed by atoms with van der Waals surface area (Å²) in [4.78, 5) is 0. The lowest BCUT2D eigenvalue weighted by atomic mass is 10.0. The number of para-hydroxylation sites is 2. The molecule has 4 rings (SSSR count). The molecule has 3 nitrogen and oxygen atoms in total. The minimum Gasteiger partial charge on any atom is -0.507 e. The molecule has 136 valence electrons. The number of phenolic OH excluding ortho intramolecular Hbond substituents is 1. The fourth-order valence-electron chi connectivity index (χ4n) is 3.04. The number of rotatable bonds is 2. The van der Waals surface area contributed by atoms with Crippen molar-refractivity contribution in [3.05, 3.63) is 76.8 Å². The van der Waals surface area contributed by atoms with Crippen LogP contribution in [-0.2, 0) is 6.18 Å². The summed E-state index contributed by atoms with van der Waals surface area (Å²) >= 11 is 3.32. The zero-order valence-corrected chi connectivity index (χ0v) is 15.3. The Hall–Kier alpha value is -2.80. The summed E-state index contributed by atoms with van der Waals surface area (Å²) in [6.45, 7) is 0. The number of halogens is 4. The number of hydrogen-bond acceptors (Lipinski definition) is 2. The molecule has 4 aromatic rings. The highest BCUT2D eigenvalue weighted by Gasteiger charge is 2.35. The van der Waals surface area contributed by atoms with Crippen molar-refractivity contribution in [1.82, 2.24) is 9.78 Å². The van der Waals surface area contributed by atoms with Gasteiger partial charge in [0.1, 0.15) is 11.4 Å². The molecule has 0 spiro atoms. The first-order valence-corrected chi connectivity index (χ1v) is 8.79. The first-order valence-electron chi connectivity index (χ1n) is 7.99. The number of aromatic nitrogens is 2. The Kier molecular flexibility index (Phi) is 4.19. The Bertz CT molecular complexity index is 1130. The van der Waals surface area contributed by atoms with Gasteiger partial charge in [0, 0.05) is 15.4 Å². The molecule has 0 atom stereocenters. The zero-order chi connectivity index (χ0) is 19.2. The van der Waals surface area contributed by atoms with Crippen molar-refractivity contribution in [2.45, 2.75) is 6.18 Å². The van der Waals surface area contributed by atoms with Gasteiger partial charge in [-0.25, -0.2) is 4.68 Å². The number of alkyl halides is 3. The van der Waals surface area contributed by atoms with E-state index < -0.39 is 11.7 Å². The molecular formula is C20H12BrF3N2O. The summed E-state index contributed by atoms with van der Waals surface area (Å²) < 4.78 is 43.1. The molecule has 0 saturated carbocycles. The highest BCUT2D eigenvalue weighted by Crippen LogP contribution is 2.40. The van der Waals surface area contributed by atoms with Gasteiger partial charge >= 0.3 is 6.18 Å². The van der Waals surface area contributed by atoms with Crippen molar-refractivity contribution in [2.24, 2.45) is 0 Å². The molecule has 0 saturated heterocycles.